The molecule has 130 valence electrons. The first-order valence-corrected chi connectivity index (χ1v) is 8.33. The summed E-state index contributed by atoms with van der Waals surface area (Å²) < 4.78 is 10.3. The van der Waals surface area contributed by atoms with E-state index in [0.29, 0.717) is 11.5 Å². The molecule has 0 radical (unpaired) electrons. The van der Waals surface area contributed by atoms with Crippen molar-refractivity contribution in [3.8, 4) is 5.75 Å². The molecule has 2 aromatic rings. The zero-order chi connectivity index (χ0) is 17.6. The van der Waals surface area contributed by atoms with E-state index in [1.807, 2.05) is 30.3 Å². The highest BCUT2D eigenvalue weighted by Crippen LogP contribution is 2.41. The van der Waals surface area contributed by atoms with Crippen LogP contribution in [0.4, 0.5) is 0 Å². The first-order valence-electron chi connectivity index (χ1n) is 8.33. The lowest BCUT2D eigenvalue weighted by Gasteiger charge is -2.19. The van der Waals surface area contributed by atoms with E-state index in [4.69, 9.17) is 9.47 Å². The molecule has 0 aromatic heterocycles. The van der Waals surface area contributed by atoms with Gasteiger partial charge < -0.3 is 14.8 Å². The van der Waals surface area contributed by atoms with E-state index in [0.717, 1.165) is 24.2 Å². The number of hydrogen-bond donors (Lipinski definition) is 1. The van der Waals surface area contributed by atoms with Crippen LogP contribution in [0.2, 0.25) is 0 Å². The molecule has 1 saturated carbocycles. The summed E-state index contributed by atoms with van der Waals surface area (Å²) in [7, 11) is 1.62. The first-order chi connectivity index (χ1) is 12.2. The molecule has 0 heterocycles. The highest BCUT2D eigenvalue weighted by Gasteiger charge is 2.33. The second kappa shape index (κ2) is 7.83. The van der Waals surface area contributed by atoms with Crippen molar-refractivity contribution in [2.45, 2.75) is 18.9 Å². The average Bonchev–Trinajstić information content (AvgIpc) is 3.50. The van der Waals surface area contributed by atoms with Crippen LogP contribution < -0.4 is 10.1 Å². The normalized spacial score (nSPS) is 14.4. The fraction of sp³-hybridized carbons (Fsp3) is 0.300. The van der Waals surface area contributed by atoms with Crippen LogP contribution in [0, 0.1) is 5.92 Å². The van der Waals surface area contributed by atoms with Crippen LogP contribution in [-0.4, -0.2) is 25.6 Å². The Hall–Kier alpha value is -2.82. The molecule has 25 heavy (non-hydrogen) atoms. The van der Waals surface area contributed by atoms with Crippen molar-refractivity contribution in [2.24, 2.45) is 5.92 Å². The summed E-state index contributed by atoms with van der Waals surface area (Å²) in [5.74, 6) is 0.420. The summed E-state index contributed by atoms with van der Waals surface area (Å²) >= 11 is 0. The fourth-order valence-corrected chi connectivity index (χ4v) is 2.72. The maximum atomic E-state index is 12.2. The van der Waals surface area contributed by atoms with Gasteiger partial charge in [-0.25, -0.2) is 4.79 Å². The van der Waals surface area contributed by atoms with Gasteiger partial charge in [0.15, 0.2) is 6.61 Å². The third-order valence-corrected chi connectivity index (χ3v) is 4.23. The SMILES string of the molecule is COc1ccc(C(NC(=O)COC(=O)c2ccccc2)C2CC2)cc1. The van der Waals surface area contributed by atoms with Gasteiger partial charge >= 0.3 is 5.97 Å². The molecule has 1 amide bonds. The smallest absolute Gasteiger partial charge is 0.338 e. The number of rotatable bonds is 7. The molecule has 1 aliphatic rings. The predicted molar refractivity (Wildman–Crippen MR) is 93.3 cm³/mol. The van der Waals surface area contributed by atoms with Crippen molar-refractivity contribution >= 4 is 11.9 Å². The molecular formula is C20H21NO4. The summed E-state index contributed by atoms with van der Waals surface area (Å²) in [4.78, 5) is 24.1. The maximum Gasteiger partial charge on any atom is 0.338 e. The van der Waals surface area contributed by atoms with Crippen LogP contribution in [0.1, 0.15) is 34.8 Å². The Labute approximate surface area is 147 Å². The van der Waals surface area contributed by atoms with Crippen LogP contribution in [0.3, 0.4) is 0 Å². The van der Waals surface area contributed by atoms with Gasteiger partial charge in [-0.15, -0.1) is 0 Å². The van der Waals surface area contributed by atoms with Gasteiger partial charge in [0.2, 0.25) is 0 Å². The third-order valence-electron chi connectivity index (χ3n) is 4.23. The van der Waals surface area contributed by atoms with Crippen molar-refractivity contribution in [2.75, 3.05) is 13.7 Å². The van der Waals surface area contributed by atoms with Crippen molar-refractivity contribution in [3.05, 3.63) is 65.7 Å². The van der Waals surface area contributed by atoms with Crippen LogP contribution in [0.5, 0.6) is 5.75 Å². The average molecular weight is 339 g/mol. The van der Waals surface area contributed by atoms with Gasteiger partial charge in [0.1, 0.15) is 5.75 Å². The number of amides is 1. The number of methoxy groups -OCH3 is 1. The second-order valence-corrected chi connectivity index (χ2v) is 6.10. The minimum Gasteiger partial charge on any atom is -0.497 e. The third kappa shape index (κ3) is 4.59. The monoisotopic (exact) mass is 339 g/mol. The Morgan fingerprint density at radius 3 is 2.36 bits per heavy atom. The Morgan fingerprint density at radius 1 is 1.08 bits per heavy atom. The molecular weight excluding hydrogens is 318 g/mol. The Morgan fingerprint density at radius 2 is 1.76 bits per heavy atom. The van der Waals surface area contributed by atoms with E-state index in [9.17, 15) is 9.59 Å². The highest BCUT2D eigenvalue weighted by molar-refractivity contribution is 5.91. The van der Waals surface area contributed by atoms with Crippen LogP contribution in [0.15, 0.2) is 54.6 Å². The van der Waals surface area contributed by atoms with Crippen LogP contribution in [0.25, 0.3) is 0 Å². The lowest BCUT2D eigenvalue weighted by molar-refractivity contribution is -0.125. The van der Waals surface area contributed by atoms with Gasteiger partial charge in [-0.2, -0.15) is 0 Å². The molecule has 1 unspecified atom stereocenters. The second-order valence-electron chi connectivity index (χ2n) is 6.10. The zero-order valence-corrected chi connectivity index (χ0v) is 14.1. The number of esters is 1. The topological polar surface area (TPSA) is 64.6 Å². The van der Waals surface area contributed by atoms with Gasteiger partial charge in [-0.05, 0) is 48.6 Å². The Kier molecular flexibility index (Phi) is 5.33. The van der Waals surface area contributed by atoms with Gasteiger partial charge in [0.05, 0.1) is 18.7 Å². The summed E-state index contributed by atoms with van der Waals surface area (Å²) in [6.07, 6.45) is 2.17. The molecule has 2 aromatic carbocycles. The van der Waals surface area contributed by atoms with Crippen LogP contribution >= 0.6 is 0 Å². The van der Waals surface area contributed by atoms with E-state index in [1.54, 1.807) is 31.4 Å². The van der Waals surface area contributed by atoms with Gasteiger partial charge in [-0.1, -0.05) is 30.3 Å². The molecule has 0 bridgehead atoms. The molecule has 1 N–H and O–H groups in total. The number of benzene rings is 2. The van der Waals surface area contributed by atoms with Gasteiger partial charge in [0, 0.05) is 0 Å². The van der Waals surface area contributed by atoms with Crippen molar-refractivity contribution in [1.29, 1.82) is 0 Å². The molecule has 5 nitrogen and oxygen atoms in total. The Balaban J connectivity index is 1.56. The van der Waals surface area contributed by atoms with Crippen molar-refractivity contribution in [1.82, 2.24) is 5.32 Å². The van der Waals surface area contributed by atoms with Gasteiger partial charge in [-0.3, -0.25) is 4.79 Å². The highest BCUT2D eigenvalue weighted by atomic mass is 16.5. The molecule has 3 rings (SSSR count). The van der Waals surface area contributed by atoms with E-state index in [1.165, 1.54) is 0 Å². The molecule has 1 fully saturated rings. The van der Waals surface area contributed by atoms with Crippen molar-refractivity contribution < 1.29 is 19.1 Å². The largest absolute Gasteiger partial charge is 0.497 e. The predicted octanol–water partition coefficient (Wildman–Crippen LogP) is 3.12. The molecule has 5 heteroatoms. The number of hydrogen-bond acceptors (Lipinski definition) is 4. The maximum absolute atomic E-state index is 12.2. The lowest BCUT2D eigenvalue weighted by Crippen LogP contribution is -2.33. The standard InChI is InChI=1S/C20H21NO4/c1-24-17-11-9-15(10-12-17)19(14-7-8-14)21-18(22)13-25-20(23)16-5-3-2-4-6-16/h2-6,9-12,14,19H,7-8,13H2,1H3,(H,21,22). The zero-order valence-electron chi connectivity index (χ0n) is 14.1. The number of ether oxygens (including phenoxy) is 2. The van der Waals surface area contributed by atoms with E-state index >= 15 is 0 Å². The number of carbonyl (C=O) groups is 2. The van der Waals surface area contributed by atoms with E-state index in [-0.39, 0.29) is 18.6 Å². The summed E-state index contributed by atoms with van der Waals surface area (Å²) in [6, 6.07) is 16.3. The number of nitrogens with one attached hydrogen (secondary N) is 1. The van der Waals surface area contributed by atoms with E-state index < -0.39 is 5.97 Å². The molecule has 0 spiro atoms. The quantitative estimate of drug-likeness (QED) is 0.787. The fourth-order valence-electron chi connectivity index (χ4n) is 2.72. The molecule has 1 aliphatic carbocycles. The van der Waals surface area contributed by atoms with Gasteiger partial charge in [0.25, 0.3) is 5.91 Å². The molecule has 0 saturated heterocycles. The summed E-state index contributed by atoms with van der Waals surface area (Å²) in [5, 5.41) is 2.98. The van der Waals surface area contributed by atoms with E-state index in [2.05, 4.69) is 5.32 Å². The minimum absolute atomic E-state index is 0.0613. The van der Waals surface area contributed by atoms with Crippen molar-refractivity contribution in [3.63, 3.8) is 0 Å². The Bertz CT molecular complexity index is 723. The number of carbonyl (C=O) groups excluding carboxylic acids is 2. The molecule has 1 atom stereocenters. The first kappa shape index (κ1) is 17.0. The lowest BCUT2D eigenvalue weighted by atomic mass is 10.0. The summed E-state index contributed by atoms with van der Waals surface area (Å²) in [6.45, 7) is -0.285. The van der Waals surface area contributed by atoms with Crippen LogP contribution in [-0.2, 0) is 9.53 Å². The molecule has 0 aliphatic heterocycles. The minimum atomic E-state index is -0.497. The summed E-state index contributed by atoms with van der Waals surface area (Å²) in [5.41, 5.74) is 1.47.